The average Bonchev–Trinajstić information content (AvgIpc) is 2.44. The van der Waals surface area contributed by atoms with E-state index < -0.39 is 11.6 Å². The van der Waals surface area contributed by atoms with E-state index in [2.05, 4.69) is 5.32 Å². The van der Waals surface area contributed by atoms with Crippen molar-refractivity contribution in [2.24, 2.45) is 0 Å². The number of hydrogen-bond donors (Lipinski definition) is 1. The predicted octanol–water partition coefficient (Wildman–Crippen LogP) is 3.35. The summed E-state index contributed by atoms with van der Waals surface area (Å²) in [6.45, 7) is 8.00. The van der Waals surface area contributed by atoms with Gasteiger partial charge in [0.2, 0.25) is 0 Å². The van der Waals surface area contributed by atoms with Gasteiger partial charge in [-0.3, -0.25) is 0 Å². The Morgan fingerprint density at radius 1 is 1.17 bits per heavy atom. The zero-order valence-corrected chi connectivity index (χ0v) is 11.8. The topological polar surface area (TPSA) is 29.1 Å². The molecule has 0 fully saturated rings. The Balaban J connectivity index is 0. The minimum atomic E-state index is -0.886. The standard InChI is InChI=1S/C10H11F2NO.2C2H6/c1-13-8(6-14)4-7-2-3-9(11)10(12)5-7;2*1-2/h2-3,5-6,8,13H,4H2,1H3;2*1-2H3. The Morgan fingerprint density at radius 3 is 2.11 bits per heavy atom. The van der Waals surface area contributed by atoms with E-state index in [0.29, 0.717) is 12.0 Å². The van der Waals surface area contributed by atoms with Crippen molar-refractivity contribution >= 4 is 6.29 Å². The second-order valence-electron chi connectivity index (χ2n) is 2.98. The largest absolute Gasteiger partial charge is 0.311 e. The summed E-state index contributed by atoms with van der Waals surface area (Å²) in [5.41, 5.74) is 0.593. The van der Waals surface area contributed by atoms with Crippen LogP contribution in [0.4, 0.5) is 8.78 Å². The van der Waals surface area contributed by atoms with E-state index in [-0.39, 0.29) is 6.04 Å². The molecule has 1 aromatic carbocycles. The monoisotopic (exact) mass is 259 g/mol. The number of likely N-dealkylation sites (N-methyl/N-ethyl adjacent to an activating group) is 1. The molecule has 0 heterocycles. The van der Waals surface area contributed by atoms with Crippen LogP contribution in [0.3, 0.4) is 0 Å². The number of rotatable bonds is 4. The molecule has 0 radical (unpaired) electrons. The highest BCUT2D eigenvalue weighted by atomic mass is 19.2. The van der Waals surface area contributed by atoms with Gasteiger partial charge in [0.15, 0.2) is 11.6 Å². The van der Waals surface area contributed by atoms with Gasteiger partial charge in [0, 0.05) is 0 Å². The molecular formula is C14H23F2NO. The van der Waals surface area contributed by atoms with E-state index >= 15 is 0 Å². The van der Waals surface area contributed by atoms with Crippen molar-refractivity contribution in [3.05, 3.63) is 35.4 Å². The van der Waals surface area contributed by atoms with E-state index in [0.717, 1.165) is 18.4 Å². The summed E-state index contributed by atoms with van der Waals surface area (Å²) in [5, 5.41) is 2.75. The van der Waals surface area contributed by atoms with Gasteiger partial charge in [0.25, 0.3) is 0 Å². The van der Waals surface area contributed by atoms with E-state index in [9.17, 15) is 13.6 Å². The van der Waals surface area contributed by atoms with Crippen molar-refractivity contribution < 1.29 is 13.6 Å². The van der Waals surface area contributed by atoms with Crippen LogP contribution < -0.4 is 5.32 Å². The lowest BCUT2D eigenvalue weighted by Crippen LogP contribution is -2.28. The molecule has 0 spiro atoms. The molecule has 1 atom stereocenters. The van der Waals surface area contributed by atoms with Crippen molar-refractivity contribution in [3.63, 3.8) is 0 Å². The first-order chi connectivity index (χ1) is 8.67. The lowest BCUT2D eigenvalue weighted by atomic mass is 10.1. The van der Waals surface area contributed by atoms with Gasteiger partial charge in [-0.15, -0.1) is 0 Å². The molecule has 1 N–H and O–H groups in total. The molecular weight excluding hydrogens is 236 g/mol. The highest BCUT2D eigenvalue weighted by molar-refractivity contribution is 5.58. The summed E-state index contributed by atoms with van der Waals surface area (Å²) in [6, 6.07) is 3.26. The fourth-order valence-electron chi connectivity index (χ4n) is 1.14. The molecule has 18 heavy (non-hydrogen) atoms. The van der Waals surface area contributed by atoms with Gasteiger partial charge >= 0.3 is 0 Å². The Morgan fingerprint density at radius 2 is 1.72 bits per heavy atom. The maximum Gasteiger partial charge on any atom is 0.159 e. The van der Waals surface area contributed by atoms with Crippen LogP contribution in [-0.2, 0) is 11.2 Å². The summed E-state index contributed by atoms with van der Waals surface area (Å²) < 4.78 is 25.3. The second kappa shape index (κ2) is 12.2. The van der Waals surface area contributed by atoms with Crippen LogP contribution in [0.15, 0.2) is 18.2 Å². The molecule has 1 unspecified atom stereocenters. The molecule has 0 saturated heterocycles. The zero-order valence-electron chi connectivity index (χ0n) is 11.8. The van der Waals surface area contributed by atoms with Crippen LogP contribution in [0, 0.1) is 11.6 Å². The summed E-state index contributed by atoms with van der Waals surface area (Å²) in [5.74, 6) is -1.76. The van der Waals surface area contributed by atoms with E-state index in [1.165, 1.54) is 6.07 Å². The predicted molar refractivity (Wildman–Crippen MR) is 71.7 cm³/mol. The number of nitrogens with one attached hydrogen (secondary N) is 1. The maximum absolute atomic E-state index is 12.8. The van der Waals surface area contributed by atoms with Gasteiger partial charge in [-0.05, 0) is 31.2 Å². The fraction of sp³-hybridized carbons (Fsp3) is 0.500. The van der Waals surface area contributed by atoms with Gasteiger partial charge < -0.3 is 10.1 Å². The van der Waals surface area contributed by atoms with Crippen LogP contribution in [0.5, 0.6) is 0 Å². The van der Waals surface area contributed by atoms with Crippen molar-refractivity contribution in [2.45, 2.75) is 40.2 Å². The van der Waals surface area contributed by atoms with Gasteiger partial charge in [0.1, 0.15) is 6.29 Å². The molecule has 0 amide bonds. The van der Waals surface area contributed by atoms with Crippen molar-refractivity contribution in [2.75, 3.05) is 7.05 Å². The van der Waals surface area contributed by atoms with Gasteiger partial charge in [-0.1, -0.05) is 33.8 Å². The third-order valence-corrected chi connectivity index (χ3v) is 1.97. The number of halogens is 2. The first-order valence-corrected chi connectivity index (χ1v) is 6.24. The van der Waals surface area contributed by atoms with Crippen LogP contribution in [0.2, 0.25) is 0 Å². The molecule has 104 valence electrons. The normalized spacial score (nSPS) is 10.4. The molecule has 4 heteroatoms. The summed E-state index contributed by atoms with van der Waals surface area (Å²) >= 11 is 0. The maximum atomic E-state index is 12.8. The quantitative estimate of drug-likeness (QED) is 0.840. The van der Waals surface area contributed by atoms with E-state index in [4.69, 9.17) is 0 Å². The molecule has 1 rings (SSSR count). The zero-order chi connectivity index (χ0) is 14.6. The number of hydrogen-bond acceptors (Lipinski definition) is 2. The molecule has 0 aliphatic rings. The summed E-state index contributed by atoms with van der Waals surface area (Å²) in [6.07, 6.45) is 1.10. The first-order valence-electron chi connectivity index (χ1n) is 6.24. The highest BCUT2D eigenvalue weighted by Crippen LogP contribution is 2.09. The first kappa shape index (κ1) is 19.1. The van der Waals surface area contributed by atoms with Crippen LogP contribution >= 0.6 is 0 Å². The van der Waals surface area contributed by atoms with Crippen LogP contribution in [0.1, 0.15) is 33.3 Å². The molecule has 0 aromatic heterocycles. The Hall–Kier alpha value is -1.29. The third-order valence-electron chi connectivity index (χ3n) is 1.97. The average molecular weight is 259 g/mol. The van der Waals surface area contributed by atoms with Gasteiger partial charge in [-0.2, -0.15) is 0 Å². The van der Waals surface area contributed by atoms with E-state index in [1.807, 2.05) is 27.7 Å². The highest BCUT2D eigenvalue weighted by Gasteiger charge is 2.07. The van der Waals surface area contributed by atoms with Crippen molar-refractivity contribution in [3.8, 4) is 0 Å². The lowest BCUT2D eigenvalue weighted by Gasteiger charge is -2.08. The lowest BCUT2D eigenvalue weighted by molar-refractivity contribution is -0.109. The third kappa shape index (κ3) is 7.12. The fourth-order valence-corrected chi connectivity index (χ4v) is 1.14. The molecule has 0 aliphatic heterocycles. The Labute approximate surface area is 108 Å². The van der Waals surface area contributed by atoms with Crippen LogP contribution in [-0.4, -0.2) is 19.4 Å². The molecule has 1 aromatic rings. The Bertz CT molecular complexity index is 330. The molecule has 0 bridgehead atoms. The van der Waals surface area contributed by atoms with Crippen molar-refractivity contribution in [1.82, 2.24) is 5.32 Å². The second-order valence-corrected chi connectivity index (χ2v) is 2.98. The minimum Gasteiger partial charge on any atom is -0.311 e. The number of aldehydes is 1. The number of carbonyl (C=O) groups is 1. The van der Waals surface area contributed by atoms with Gasteiger partial charge in [0.05, 0.1) is 6.04 Å². The Kier molecular flexibility index (Phi) is 12.9. The SMILES string of the molecule is CC.CC.CNC(C=O)Cc1ccc(F)c(F)c1. The van der Waals surface area contributed by atoms with Gasteiger partial charge in [-0.25, -0.2) is 8.78 Å². The number of carbonyl (C=O) groups excluding carboxylic acids is 1. The summed E-state index contributed by atoms with van der Waals surface area (Å²) in [4.78, 5) is 10.5. The minimum absolute atomic E-state index is 0.358. The van der Waals surface area contributed by atoms with E-state index in [1.54, 1.807) is 7.05 Å². The van der Waals surface area contributed by atoms with Crippen molar-refractivity contribution in [1.29, 1.82) is 0 Å². The molecule has 0 aliphatic carbocycles. The smallest absolute Gasteiger partial charge is 0.159 e. The molecule has 2 nitrogen and oxygen atoms in total. The molecule has 0 saturated carbocycles. The van der Waals surface area contributed by atoms with Crippen LogP contribution in [0.25, 0.3) is 0 Å². The number of benzene rings is 1. The summed E-state index contributed by atoms with van der Waals surface area (Å²) in [7, 11) is 1.64.